The van der Waals surface area contributed by atoms with E-state index in [2.05, 4.69) is 27.0 Å². The Morgan fingerprint density at radius 2 is 1.83 bits per heavy atom. The van der Waals surface area contributed by atoms with Gasteiger partial charge in [-0.25, -0.2) is 0 Å². The molecule has 0 aliphatic rings. The number of aliphatic hydroxyl groups is 1. The average molecular weight is 190 g/mol. The standard InChI is InChI=1S/C10H22OS/c1-10(2,3)9(11)7-5-6-8-12-4/h9,11H,5-8H2,1-4H3. The van der Waals surface area contributed by atoms with E-state index in [1.165, 1.54) is 12.2 Å². The van der Waals surface area contributed by atoms with Gasteiger partial charge < -0.3 is 5.11 Å². The van der Waals surface area contributed by atoms with Crippen LogP contribution in [-0.4, -0.2) is 23.2 Å². The summed E-state index contributed by atoms with van der Waals surface area (Å²) in [6, 6.07) is 0. The molecule has 0 aliphatic heterocycles. The van der Waals surface area contributed by atoms with E-state index in [0.29, 0.717) is 0 Å². The molecule has 0 saturated heterocycles. The first-order valence-corrected chi connectivity index (χ1v) is 6.05. The Labute approximate surface area is 80.9 Å². The molecule has 74 valence electrons. The lowest BCUT2D eigenvalue weighted by Crippen LogP contribution is -2.25. The molecule has 0 heterocycles. The molecule has 0 spiro atoms. The summed E-state index contributed by atoms with van der Waals surface area (Å²) in [5.74, 6) is 1.22. The van der Waals surface area contributed by atoms with E-state index in [4.69, 9.17) is 0 Å². The summed E-state index contributed by atoms with van der Waals surface area (Å²) >= 11 is 1.88. The highest BCUT2D eigenvalue weighted by molar-refractivity contribution is 7.98. The van der Waals surface area contributed by atoms with Gasteiger partial charge in [0, 0.05) is 0 Å². The van der Waals surface area contributed by atoms with Crippen LogP contribution in [0, 0.1) is 5.41 Å². The zero-order valence-electron chi connectivity index (χ0n) is 8.76. The van der Waals surface area contributed by atoms with Gasteiger partial charge in [0.2, 0.25) is 0 Å². The quantitative estimate of drug-likeness (QED) is 0.673. The third-order valence-corrected chi connectivity index (χ3v) is 2.77. The summed E-state index contributed by atoms with van der Waals surface area (Å²) < 4.78 is 0. The van der Waals surface area contributed by atoms with Crippen molar-refractivity contribution in [2.45, 2.75) is 46.1 Å². The number of aliphatic hydroxyl groups excluding tert-OH is 1. The molecule has 2 heteroatoms. The number of hydrogen-bond acceptors (Lipinski definition) is 2. The molecular weight excluding hydrogens is 168 g/mol. The van der Waals surface area contributed by atoms with Crippen molar-refractivity contribution >= 4 is 11.8 Å². The highest BCUT2D eigenvalue weighted by atomic mass is 32.2. The summed E-state index contributed by atoms with van der Waals surface area (Å²) in [6.45, 7) is 6.27. The molecule has 1 N–H and O–H groups in total. The van der Waals surface area contributed by atoms with Gasteiger partial charge in [0.1, 0.15) is 0 Å². The van der Waals surface area contributed by atoms with Crippen molar-refractivity contribution < 1.29 is 5.11 Å². The molecule has 0 aromatic carbocycles. The van der Waals surface area contributed by atoms with Crippen LogP contribution >= 0.6 is 11.8 Å². The van der Waals surface area contributed by atoms with Crippen molar-refractivity contribution in [2.24, 2.45) is 5.41 Å². The summed E-state index contributed by atoms with van der Waals surface area (Å²) in [6.07, 6.45) is 5.32. The molecule has 0 amide bonds. The van der Waals surface area contributed by atoms with Crippen LogP contribution in [-0.2, 0) is 0 Å². The summed E-state index contributed by atoms with van der Waals surface area (Å²) in [5, 5.41) is 9.68. The topological polar surface area (TPSA) is 20.2 Å². The summed E-state index contributed by atoms with van der Waals surface area (Å²) in [5.41, 5.74) is 0.0549. The van der Waals surface area contributed by atoms with E-state index < -0.39 is 0 Å². The molecule has 0 aromatic heterocycles. The Bertz CT molecular complexity index is 107. The van der Waals surface area contributed by atoms with Gasteiger partial charge in [-0.3, -0.25) is 0 Å². The monoisotopic (exact) mass is 190 g/mol. The number of thioether (sulfide) groups is 1. The van der Waals surface area contributed by atoms with Crippen LogP contribution in [0.3, 0.4) is 0 Å². The van der Waals surface area contributed by atoms with Gasteiger partial charge >= 0.3 is 0 Å². The second-order valence-corrected chi connectivity index (χ2v) is 5.36. The largest absolute Gasteiger partial charge is 0.393 e. The molecule has 1 nitrogen and oxygen atoms in total. The molecule has 0 aliphatic carbocycles. The second-order valence-electron chi connectivity index (χ2n) is 4.37. The predicted molar refractivity (Wildman–Crippen MR) is 57.7 cm³/mol. The van der Waals surface area contributed by atoms with Gasteiger partial charge in [-0.2, -0.15) is 11.8 Å². The van der Waals surface area contributed by atoms with E-state index in [1.54, 1.807) is 0 Å². The molecule has 12 heavy (non-hydrogen) atoms. The Balaban J connectivity index is 3.38. The number of rotatable bonds is 5. The maximum absolute atomic E-state index is 9.68. The summed E-state index contributed by atoms with van der Waals surface area (Å²) in [7, 11) is 0. The van der Waals surface area contributed by atoms with Crippen molar-refractivity contribution in [3.05, 3.63) is 0 Å². The molecule has 0 rings (SSSR count). The zero-order chi connectivity index (χ0) is 9.61. The Kier molecular flexibility index (Phi) is 6.02. The maximum Gasteiger partial charge on any atom is 0.0588 e. The summed E-state index contributed by atoms with van der Waals surface area (Å²) in [4.78, 5) is 0. The van der Waals surface area contributed by atoms with Crippen LogP contribution in [0.25, 0.3) is 0 Å². The third-order valence-electron chi connectivity index (χ3n) is 2.08. The first-order valence-electron chi connectivity index (χ1n) is 4.65. The fraction of sp³-hybridized carbons (Fsp3) is 1.00. The molecule has 0 radical (unpaired) electrons. The van der Waals surface area contributed by atoms with Crippen LogP contribution in [0.2, 0.25) is 0 Å². The van der Waals surface area contributed by atoms with Crippen LogP contribution in [0.15, 0.2) is 0 Å². The molecule has 1 atom stereocenters. The van der Waals surface area contributed by atoms with E-state index in [9.17, 15) is 5.11 Å². The van der Waals surface area contributed by atoms with Gasteiger partial charge in [0.15, 0.2) is 0 Å². The second kappa shape index (κ2) is 5.87. The Hall–Kier alpha value is 0.310. The van der Waals surface area contributed by atoms with Crippen molar-refractivity contribution in [3.63, 3.8) is 0 Å². The van der Waals surface area contributed by atoms with Crippen molar-refractivity contribution in [2.75, 3.05) is 12.0 Å². The van der Waals surface area contributed by atoms with Gasteiger partial charge in [-0.05, 0) is 30.3 Å². The lowest BCUT2D eigenvalue weighted by molar-refractivity contribution is 0.0539. The van der Waals surface area contributed by atoms with Crippen molar-refractivity contribution in [3.8, 4) is 0 Å². The fourth-order valence-corrected chi connectivity index (χ4v) is 1.51. The highest BCUT2D eigenvalue weighted by Crippen LogP contribution is 2.23. The fourth-order valence-electron chi connectivity index (χ4n) is 1.02. The first kappa shape index (κ1) is 12.3. The van der Waals surface area contributed by atoms with Crippen LogP contribution < -0.4 is 0 Å². The van der Waals surface area contributed by atoms with Gasteiger partial charge in [-0.15, -0.1) is 0 Å². The third kappa shape index (κ3) is 5.90. The van der Waals surface area contributed by atoms with Crippen LogP contribution in [0.1, 0.15) is 40.0 Å². The zero-order valence-corrected chi connectivity index (χ0v) is 9.58. The molecule has 0 aromatic rings. The SMILES string of the molecule is CSCCCCC(O)C(C)(C)C. The smallest absolute Gasteiger partial charge is 0.0588 e. The molecular formula is C10H22OS. The number of hydrogen-bond donors (Lipinski definition) is 1. The minimum absolute atomic E-state index is 0.0549. The van der Waals surface area contributed by atoms with Crippen molar-refractivity contribution in [1.29, 1.82) is 0 Å². The lowest BCUT2D eigenvalue weighted by atomic mass is 9.86. The van der Waals surface area contributed by atoms with Crippen LogP contribution in [0.5, 0.6) is 0 Å². The normalized spacial score (nSPS) is 14.8. The van der Waals surface area contributed by atoms with Crippen molar-refractivity contribution in [1.82, 2.24) is 0 Å². The molecule has 0 bridgehead atoms. The minimum atomic E-state index is -0.139. The van der Waals surface area contributed by atoms with Gasteiger partial charge in [0.25, 0.3) is 0 Å². The number of unbranched alkanes of at least 4 members (excludes halogenated alkanes) is 1. The highest BCUT2D eigenvalue weighted by Gasteiger charge is 2.20. The van der Waals surface area contributed by atoms with Gasteiger partial charge in [-0.1, -0.05) is 27.2 Å². The van der Waals surface area contributed by atoms with E-state index in [1.807, 2.05) is 11.8 Å². The molecule has 1 unspecified atom stereocenters. The molecule has 0 saturated carbocycles. The van der Waals surface area contributed by atoms with Gasteiger partial charge in [0.05, 0.1) is 6.10 Å². The Morgan fingerprint density at radius 1 is 1.25 bits per heavy atom. The predicted octanol–water partition coefficient (Wildman–Crippen LogP) is 2.93. The molecule has 0 fully saturated rings. The van der Waals surface area contributed by atoms with E-state index in [0.717, 1.165) is 12.8 Å². The lowest BCUT2D eigenvalue weighted by Gasteiger charge is -2.25. The van der Waals surface area contributed by atoms with Crippen LogP contribution in [0.4, 0.5) is 0 Å². The first-order chi connectivity index (χ1) is 5.48. The van der Waals surface area contributed by atoms with E-state index in [-0.39, 0.29) is 11.5 Å². The minimum Gasteiger partial charge on any atom is -0.393 e. The maximum atomic E-state index is 9.68. The average Bonchev–Trinajstić information content (AvgIpc) is 1.96. The Morgan fingerprint density at radius 3 is 2.25 bits per heavy atom. The van der Waals surface area contributed by atoms with E-state index >= 15 is 0 Å².